The second-order valence-electron chi connectivity index (χ2n) is 5.38. The maximum Gasteiger partial charge on any atom is 0.238 e. The van der Waals surface area contributed by atoms with E-state index in [1.165, 1.54) is 24.3 Å². The lowest BCUT2D eigenvalue weighted by atomic mass is 10.0. The summed E-state index contributed by atoms with van der Waals surface area (Å²) in [6, 6.07) is 5.63. The normalized spacial score (nSPS) is 22.2. The smallest absolute Gasteiger partial charge is 0.238 e. The Morgan fingerprint density at radius 1 is 1.50 bits per heavy atom. The van der Waals surface area contributed by atoms with Gasteiger partial charge in [-0.25, -0.2) is 4.39 Å². The predicted octanol–water partition coefficient (Wildman–Crippen LogP) is 0.420. The van der Waals surface area contributed by atoms with Crippen LogP contribution < -0.4 is 10.6 Å². The fourth-order valence-corrected chi connectivity index (χ4v) is 2.40. The van der Waals surface area contributed by atoms with Crippen molar-refractivity contribution in [1.29, 1.82) is 0 Å². The molecule has 1 atom stereocenters. The number of rotatable bonds is 5. The molecule has 1 aliphatic heterocycles. The molecular weight excluding hydrogens is 261 g/mol. The largest absolute Gasteiger partial charge is 0.387 e. The molecule has 110 valence electrons. The first-order valence-electron chi connectivity index (χ1n) is 6.64. The van der Waals surface area contributed by atoms with Crippen LogP contribution in [0.1, 0.15) is 6.42 Å². The number of hydrogen-bond acceptors (Lipinski definition) is 4. The van der Waals surface area contributed by atoms with Crippen molar-refractivity contribution in [1.82, 2.24) is 10.2 Å². The van der Waals surface area contributed by atoms with Gasteiger partial charge in [-0.15, -0.1) is 0 Å². The van der Waals surface area contributed by atoms with Crippen LogP contribution in [0.5, 0.6) is 0 Å². The minimum Gasteiger partial charge on any atom is -0.387 e. The fourth-order valence-electron chi connectivity index (χ4n) is 2.40. The molecule has 1 unspecified atom stereocenters. The maximum atomic E-state index is 12.7. The van der Waals surface area contributed by atoms with Crippen molar-refractivity contribution in [2.45, 2.75) is 12.0 Å². The van der Waals surface area contributed by atoms with Crippen LogP contribution in [0.4, 0.5) is 10.1 Å². The summed E-state index contributed by atoms with van der Waals surface area (Å²) in [4.78, 5) is 13.6. The van der Waals surface area contributed by atoms with Crippen LogP contribution in [0.3, 0.4) is 0 Å². The molecule has 6 heteroatoms. The zero-order valence-electron chi connectivity index (χ0n) is 11.5. The van der Waals surface area contributed by atoms with Gasteiger partial charge in [-0.2, -0.15) is 0 Å². The second-order valence-corrected chi connectivity index (χ2v) is 5.38. The molecule has 1 heterocycles. The third-order valence-electron chi connectivity index (χ3n) is 3.33. The van der Waals surface area contributed by atoms with Gasteiger partial charge in [0.1, 0.15) is 5.82 Å². The van der Waals surface area contributed by atoms with E-state index in [0.29, 0.717) is 25.2 Å². The number of aliphatic hydroxyl groups is 1. The lowest BCUT2D eigenvalue weighted by Crippen LogP contribution is -2.45. The quantitative estimate of drug-likeness (QED) is 0.732. The third kappa shape index (κ3) is 4.26. The minimum atomic E-state index is -0.759. The van der Waals surface area contributed by atoms with Crippen LogP contribution in [0.2, 0.25) is 0 Å². The van der Waals surface area contributed by atoms with E-state index in [2.05, 4.69) is 10.6 Å². The Balaban J connectivity index is 1.80. The molecule has 0 spiro atoms. The molecule has 1 saturated heterocycles. The number of anilines is 1. The number of benzene rings is 1. The Morgan fingerprint density at radius 3 is 2.80 bits per heavy atom. The highest BCUT2D eigenvalue weighted by Gasteiger charge is 2.32. The molecule has 1 aliphatic rings. The molecule has 0 aromatic heterocycles. The number of amides is 1. The molecule has 2 rings (SSSR count). The molecule has 0 bridgehead atoms. The molecule has 0 radical (unpaired) electrons. The van der Waals surface area contributed by atoms with E-state index in [-0.39, 0.29) is 18.3 Å². The lowest BCUT2D eigenvalue weighted by molar-refractivity contribution is -0.117. The average Bonchev–Trinajstić information content (AvgIpc) is 2.78. The van der Waals surface area contributed by atoms with Gasteiger partial charge in [0.25, 0.3) is 0 Å². The molecule has 1 aromatic carbocycles. The Morgan fingerprint density at radius 2 is 2.20 bits per heavy atom. The van der Waals surface area contributed by atoms with Crippen LogP contribution in [0.25, 0.3) is 0 Å². The summed E-state index contributed by atoms with van der Waals surface area (Å²) in [5.74, 6) is -0.523. The average molecular weight is 281 g/mol. The number of nitrogens with zero attached hydrogens (tertiary/aromatic N) is 1. The molecule has 5 nitrogen and oxygen atoms in total. The third-order valence-corrected chi connectivity index (χ3v) is 3.33. The molecule has 0 saturated carbocycles. The van der Waals surface area contributed by atoms with Crippen molar-refractivity contribution >= 4 is 11.6 Å². The summed E-state index contributed by atoms with van der Waals surface area (Å²) in [5, 5.41) is 16.0. The summed E-state index contributed by atoms with van der Waals surface area (Å²) < 4.78 is 12.7. The zero-order chi connectivity index (χ0) is 14.6. The minimum absolute atomic E-state index is 0.180. The van der Waals surface area contributed by atoms with Crippen molar-refractivity contribution in [3.8, 4) is 0 Å². The molecule has 20 heavy (non-hydrogen) atoms. The number of likely N-dealkylation sites (N-methyl/N-ethyl adjacent to an activating group) is 1. The monoisotopic (exact) mass is 281 g/mol. The fraction of sp³-hybridized carbons (Fsp3) is 0.500. The highest BCUT2D eigenvalue weighted by atomic mass is 19.1. The molecule has 1 amide bonds. The van der Waals surface area contributed by atoms with E-state index in [9.17, 15) is 14.3 Å². The number of hydrogen-bond donors (Lipinski definition) is 3. The van der Waals surface area contributed by atoms with E-state index in [4.69, 9.17) is 0 Å². The molecular formula is C14H20FN3O2. The Bertz CT molecular complexity index is 458. The van der Waals surface area contributed by atoms with Crippen LogP contribution in [0.15, 0.2) is 24.3 Å². The van der Waals surface area contributed by atoms with Crippen molar-refractivity contribution in [2.24, 2.45) is 0 Å². The first-order valence-corrected chi connectivity index (χ1v) is 6.64. The van der Waals surface area contributed by atoms with Gasteiger partial charge in [-0.1, -0.05) is 0 Å². The van der Waals surface area contributed by atoms with E-state index in [1.54, 1.807) is 11.9 Å². The number of carbonyl (C=O) groups excluding carboxylic acids is 1. The van der Waals surface area contributed by atoms with Crippen molar-refractivity contribution in [3.05, 3.63) is 30.1 Å². The van der Waals surface area contributed by atoms with Gasteiger partial charge in [0, 0.05) is 18.8 Å². The molecule has 1 fully saturated rings. The highest BCUT2D eigenvalue weighted by molar-refractivity contribution is 5.92. The van der Waals surface area contributed by atoms with E-state index in [0.717, 1.165) is 6.54 Å². The topological polar surface area (TPSA) is 64.6 Å². The zero-order valence-corrected chi connectivity index (χ0v) is 11.5. The van der Waals surface area contributed by atoms with Gasteiger partial charge in [-0.05, 0) is 44.3 Å². The first-order chi connectivity index (χ1) is 9.47. The number of β-amino-alcohol motifs (C(OH)–C–C–N with tert-alkyl or cyclic N) is 1. The highest BCUT2D eigenvalue weighted by Crippen LogP contribution is 2.15. The van der Waals surface area contributed by atoms with E-state index in [1.807, 2.05) is 0 Å². The van der Waals surface area contributed by atoms with Gasteiger partial charge in [0.15, 0.2) is 0 Å². The summed E-state index contributed by atoms with van der Waals surface area (Å²) in [5.41, 5.74) is -0.198. The Labute approximate surface area is 117 Å². The SMILES string of the molecule is CN(CC(=O)Nc1ccc(F)cc1)CC1(O)CCNC1. The van der Waals surface area contributed by atoms with Gasteiger partial charge in [-0.3, -0.25) is 9.69 Å². The van der Waals surface area contributed by atoms with Gasteiger partial charge < -0.3 is 15.7 Å². The van der Waals surface area contributed by atoms with Crippen molar-refractivity contribution in [3.63, 3.8) is 0 Å². The molecule has 3 N–H and O–H groups in total. The first kappa shape index (κ1) is 14.9. The maximum absolute atomic E-state index is 12.7. The molecule has 1 aromatic rings. The lowest BCUT2D eigenvalue weighted by Gasteiger charge is -2.27. The Hall–Kier alpha value is -1.50. The Kier molecular flexibility index (Phi) is 4.69. The van der Waals surface area contributed by atoms with Crippen LogP contribution >= 0.6 is 0 Å². The number of halogens is 1. The predicted molar refractivity (Wildman–Crippen MR) is 75.0 cm³/mol. The second kappa shape index (κ2) is 6.30. The van der Waals surface area contributed by atoms with E-state index < -0.39 is 5.60 Å². The summed E-state index contributed by atoms with van der Waals surface area (Å²) in [7, 11) is 1.79. The summed E-state index contributed by atoms with van der Waals surface area (Å²) >= 11 is 0. The number of nitrogens with one attached hydrogen (secondary N) is 2. The van der Waals surface area contributed by atoms with E-state index >= 15 is 0 Å². The summed E-state index contributed by atoms with van der Waals surface area (Å²) in [6.07, 6.45) is 0.691. The number of carbonyl (C=O) groups is 1. The van der Waals surface area contributed by atoms with Crippen LogP contribution in [-0.4, -0.2) is 54.7 Å². The van der Waals surface area contributed by atoms with Gasteiger partial charge in [0.2, 0.25) is 5.91 Å². The standard InChI is InChI=1S/C14H20FN3O2/c1-18(10-14(20)6-7-16-9-14)8-13(19)17-12-4-2-11(15)3-5-12/h2-5,16,20H,6-10H2,1H3,(H,17,19). The van der Waals surface area contributed by atoms with Crippen molar-refractivity contribution < 1.29 is 14.3 Å². The summed E-state index contributed by atoms with van der Waals surface area (Å²) in [6.45, 7) is 1.97. The van der Waals surface area contributed by atoms with Crippen LogP contribution in [-0.2, 0) is 4.79 Å². The van der Waals surface area contributed by atoms with Crippen molar-refractivity contribution in [2.75, 3.05) is 38.5 Å². The molecule has 0 aliphatic carbocycles. The van der Waals surface area contributed by atoms with Gasteiger partial charge >= 0.3 is 0 Å². The van der Waals surface area contributed by atoms with Crippen LogP contribution in [0, 0.1) is 5.82 Å². The van der Waals surface area contributed by atoms with Gasteiger partial charge in [0.05, 0.1) is 12.1 Å².